The van der Waals surface area contributed by atoms with E-state index in [2.05, 4.69) is 17.6 Å². The summed E-state index contributed by atoms with van der Waals surface area (Å²) < 4.78 is 0. The van der Waals surface area contributed by atoms with Gasteiger partial charge >= 0.3 is 0 Å². The molecule has 0 atom stereocenters. The number of nitrogens with one attached hydrogen (secondary N) is 2. The summed E-state index contributed by atoms with van der Waals surface area (Å²) in [4.78, 5) is 0. The Bertz CT molecular complexity index is 471. The van der Waals surface area contributed by atoms with Crippen LogP contribution in [0.3, 0.4) is 0 Å². The Labute approximate surface area is 136 Å². The van der Waals surface area contributed by atoms with E-state index in [0.717, 1.165) is 11.6 Å². The topological polar surface area (TPSA) is 24.1 Å². The van der Waals surface area contributed by atoms with E-state index in [1.165, 1.54) is 32.1 Å². The summed E-state index contributed by atoms with van der Waals surface area (Å²) >= 11 is 17.4. The van der Waals surface area contributed by atoms with Gasteiger partial charge in [0.1, 0.15) is 0 Å². The SMILES string of the molecule is CCC1CCC(NC(=S)Nc2cc(Cl)ccc2Cl)CC1. The van der Waals surface area contributed by atoms with E-state index in [-0.39, 0.29) is 0 Å². The van der Waals surface area contributed by atoms with Crippen LogP contribution in [0.5, 0.6) is 0 Å². The van der Waals surface area contributed by atoms with Crippen molar-refractivity contribution in [1.29, 1.82) is 0 Å². The van der Waals surface area contributed by atoms with Crippen LogP contribution in [0.2, 0.25) is 10.0 Å². The van der Waals surface area contributed by atoms with Gasteiger partial charge in [0.15, 0.2) is 5.11 Å². The molecule has 1 saturated carbocycles. The van der Waals surface area contributed by atoms with Gasteiger partial charge in [0.2, 0.25) is 0 Å². The molecule has 20 heavy (non-hydrogen) atoms. The Morgan fingerprint density at radius 1 is 1.25 bits per heavy atom. The van der Waals surface area contributed by atoms with Gasteiger partial charge < -0.3 is 10.6 Å². The molecule has 2 nitrogen and oxygen atoms in total. The van der Waals surface area contributed by atoms with E-state index < -0.39 is 0 Å². The van der Waals surface area contributed by atoms with Crippen LogP contribution < -0.4 is 10.6 Å². The van der Waals surface area contributed by atoms with Crippen molar-refractivity contribution in [3.8, 4) is 0 Å². The Hall–Kier alpha value is -0.510. The maximum Gasteiger partial charge on any atom is 0.171 e. The maximum absolute atomic E-state index is 6.11. The predicted octanol–water partition coefficient (Wildman–Crippen LogP) is 5.25. The zero-order valence-electron chi connectivity index (χ0n) is 11.6. The minimum Gasteiger partial charge on any atom is -0.360 e. The average Bonchev–Trinajstić information content (AvgIpc) is 2.43. The van der Waals surface area contributed by atoms with Gasteiger partial charge in [0.05, 0.1) is 10.7 Å². The second-order valence-corrected chi connectivity index (χ2v) is 6.60. The smallest absolute Gasteiger partial charge is 0.171 e. The third-order valence-electron chi connectivity index (χ3n) is 3.94. The molecule has 0 aliphatic heterocycles. The van der Waals surface area contributed by atoms with Crippen molar-refractivity contribution in [3.63, 3.8) is 0 Å². The maximum atomic E-state index is 6.11. The van der Waals surface area contributed by atoms with Crippen LogP contribution in [-0.2, 0) is 0 Å². The normalized spacial score (nSPS) is 22.4. The highest BCUT2D eigenvalue weighted by Gasteiger charge is 2.20. The molecule has 0 unspecified atom stereocenters. The van der Waals surface area contributed by atoms with Gasteiger partial charge in [-0.25, -0.2) is 0 Å². The van der Waals surface area contributed by atoms with Crippen LogP contribution in [0.1, 0.15) is 39.0 Å². The zero-order chi connectivity index (χ0) is 14.5. The Balaban J connectivity index is 1.85. The fourth-order valence-electron chi connectivity index (χ4n) is 2.65. The lowest BCUT2D eigenvalue weighted by molar-refractivity contribution is 0.306. The third kappa shape index (κ3) is 4.51. The standard InChI is InChI=1S/C15H20Cl2N2S/c1-2-10-3-6-12(7-4-10)18-15(20)19-14-9-11(16)5-8-13(14)17/h5,8-10,12H,2-4,6-7H2,1H3,(H2,18,19,20). The lowest BCUT2D eigenvalue weighted by Gasteiger charge is -2.29. The molecule has 0 aromatic heterocycles. The summed E-state index contributed by atoms with van der Waals surface area (Å²) in [7, 11) is 0. The van der Waals surface area contributed by atoms with Crippen molar-refractivity contribution in [2.24, 2.45) is 5.92 Å². The first-order chi connectivity index (χ1) is 9.58. The van der Waals surface area contributed by atoms with Gasteiger partial charge in [-0.2, -0.15) is 0 Å². The molecule has 0 amide bonds. The number of benzene rings is 1. The number of hydrogen-bond acceptors (Lipinski definition) is 1. The van der Waals surface area contributed by atoms with Crippen LogP contribution in [0.15, 0.2) is 18.2 Å². The summed E-state index contributed by atoms with van der Waals surface area (Å²) in [6, 6.07) is 5.78. The average molecular weight is 331 g/mol. The second-order valence-electron chi connectivity index (χ2n) is 5.35. The molecule has 1 aliphatic rings. The fraction of sp³-hybridized carbons (Fsp3) is 0.533. The molecule has 0 radical (unpaired) electrons. The van der Waals surface area contributed by atoms with Crippen molar-refractivity contribution in [1.82, 2.24) is 5.32 Å². The monoisotopic (exact) mass is 330 g/mol. The number of rotatable bonds is 3. The lowest BCUT2D eigenvalue weighted by atomic mass is 9.85. The molecular weight excluding hydrogens is 311 g/mol. The van der Waals surface area contributed by atoms with Crippen LogP contribution in [0.25, 0.3) is 0 Å². The van der Waals surface area contributed by atoms with Crippen LogP contribution in [-0.4, -0.2) is 11.2 Å². The molecule has 2 N–H and O–H groups in total. The van der Waals surface area contributed by atoms with Gasteiger partial charge in [-0.05, 0) is 62.0 Å². The van der Waals surface area contributed by atoms with Gasteiger partial charge in [-0.1, -0.05) is 36.5 Å². The quantitative estimate of drug-likeness (QED) is 0.740. The molecular formula is C15H20Cl2N2S. The first-order valence-corrected chi connectivity index (χ1v) is 8.27. The van der Waals surface area contributed by atoms with E-state index in [4.69, 9.17) is 35.4 Å². The number of anilines is 1. The van der Waals surface area contributed by atoms with Crippen molar-refractivity contribution < 1.29 is 0 Å². The molecule has 2 rings (SSSR count). The second kappa shape index (κ2) is 7.48. The molecule has 0 heterocycles. The van der Waals surface area contributed by atoms with Crippen molar-refractivity contribution in [2.75, 3.05) is 5.32 Å². The molecule has 0 saturated heterocycles. The molecule has 5 heteroatoms. The van der Waals surface area contributed by atoms with Gasteiger partial charge in [-0.15, -0.1) is 0 Å². The highest BCUT2D eigenvalue weighted by molar-refractivity contribution is 7.80. The van der Waals surface area contributed by atoms with Crippen LogP contribution >= 0.6 is 35.4 Å². The molecule has 1 aromatic rings. The highest BCUT2D eigenvalue weighted by atomic mass is 35.5. The molecule has 1 aromatic carbocycles. The van der Waals surface area contributed by atoms with Gasteiger partial charge in [0, 0.05) is 11.1 Å². The largest absolute Gasteiger partial charge is 0.360 e. The van der Waals surface area contributed by atoms with E-state index in [9.17, 15) is 0 Å². The summed E-state index contributed by atoms with van der Waals surface area (Å²) in [5.74, 6) is 0.886. The minimum atomic E-state index is 0.468. The van der Waals surface area contributed by atoms with Crippen molar-refractivity contribution >= 4 is 46.2 Å². The van der Waals surface area contributed by atoms with Crippen LogP contribution in [0, 0.1) is 5.92 Å². The molecule has 110 valence electrons. The summed E-state index contributed by atoms with van der Waals surface area (Å²) in [5.41, 5.74) is 0.749. The van der Waals surface area contributed by atoms with Crippen molar-refractivity contribution in [3.05, 3.63) is 28.2 Å². The summed E-state index contributed by atoms with van der Waals surface area (Å²) in [6.07, 6.45) is 6.23. The van der Waals surface area contributed by atoms with E-state index >= 15 is 0 Å². The van der Waals surface area contributed by atoms with Gasteiger partial charge in [0.25, 0.3) is 0 Å². The summed E-state index contributed by atoms with van der Waals surface area (Å²) in [5, 5.41) is 8.38. The van der Waals surface area contributed by atoms with Gasteiger partial charge in [-0.3, -0.25) is 0 Å². The first kappa shape index (κ1) is 15.9. The van der Waals surface area contributed by atoms with Crippen molar-refractivity contribution in [2.45, 2.75) is 45.1 Å². The minimum absolute atomic E-state index is 0.468. The van der Waals surface area contributed by atoms with Crippen LogP contribution in [0.4, 0.5) is 5.69 Å². The lowest BCUT2D eigenvalue weighted by Crippen LogP contribution is -2.40. The molecule has 0 spiro atoms. The molecule has 1 aliphatic carbocycles. The Kier molecular flexibility index (Phi) is 5.94. The molecule has 1 fully saturated rings. The molecule has 0 bridgehead atoms. The highest BCUT2D eigenvalue weighted by Crippen LogP contribution is 2.27. The van der Waals surface area contributed by atoms with E-state index in [0.29, 0.717) is 21.2 Å². The number of thiocarbonyl (C=S) groups is 1. The Morgan fingerprint density at radius 2 is 1.95 bits per heavy atom. The first-order valence-electron chi connectivity index (χ1n) is 7.11. The number of halogens is 2. The fourth-order valence-corrected chi connectivity index (χ4v) is 3.27. The summed E-state index contributed by atoms with van der Waals surface area (Å²) in [6.45, 7) is 2.27. The predicted molar refractivity (Wildman–Crippen MR) is 91.9 cm³/mol. The number of hydrogen-bond donors (Lipinski definition) is 2. The van der Waals surface area contributed by atoms with E-state index in [1.807, 2.05) is 0 Å². The third-order valence-corrected chi connectivity index (χ3v) is 4.72. The zero-order valence-corrected chi connectivity index (χ0v) is 13.9. The Morgan fingerprint density at radius 3 is 2.60 bits per heavy atom. The van der Waals surface area contributed by atoms with E-state index in [1.54, 1.807) is 18.2 Å².